The number of hydrogen-bond acceptors (Lipinski definition) is 6. The maximum atomic E-state index is 14.6. The van der Waals surface area contributed by atoms with Crippen molar-refractivity contribution < 1.29 is 27.9 Å². The van der Waals surface area contributed by atoms with E-state index in [9.17, 15) is 23.2 Å². The molecule has 2 aliphatic heterocycles. The van der Waals surface area contributed by atoms with Crippen molar-refractivity contribution in [2.75, 3.05) is 45.2 Å². The van der Waals surface area contributed by atoms with E-state index in [1.165, 1.54) is 49.2 Å². The lowest BCUT2D eigenvalue weighted by Crippen LogP contribution is -2.44. The summed E-state index contributed by atoms with van der Waals surface area (Å²) in [4.78, 5) is 44.5. The Labute approximate surface area is 252 Å². The van der Waals surface area contributed by atoms with Crippen LogP contribution in [0.5, 0.6) is 5.75 Å². The molecule has 2 fully saturated rings. The van der Waals surface area contributed by atoms with Crippen LogP contribution in [0.25, 0.3) is 11.3 Å². The molecule has 13 heteroatoms. The average molecular weight is 615 g/mol. The van der Waals surface area contributed by atoms with E-state index in [0.29, 0.717) is 44.1 Å². The van der Waals surface area contributed by atoms with Crippen LogP contribution in [0.3, 0.4) is 0 Å². The number of ether oxygens (including phenoxy) is 1. The average Bonchev–Trinajstić information content (AvgIpc) is 3.67. The summed E-state index contributed by atoms with van der Waals surface area (Å²) in [6, 6.07) is 7.19. The predicted molar refractivity (Wildman–Crippen MR) is 157 cm³/mol. The van der Waals surface area contributed by atoms with Gasteiger partial charge in [-0.15, -0.1) is 0 Å². The first kappa shape index (κ1) is 30.4. The smallest absolute Gasteiger partial charge is 0.291 e. The molecular weight excluding hydrogens is 582 g/mol. The van der Waals surface area contributed by atoms with Crippen molar-refractivity contribution in [3.05, 3.63) is 64.6 Å². The van der Waals surface area contributed by atoms with E-state index in [2.05, 4.69) is 20.9 Å². The fraction of sp³-hybridized carbons (Fsp3) is 0.400. The number of piperidine rings is 1. The summed E-state index contributed by atoms with van der Waals surface area (Å²) in [5.74, 6) is -3.02. The number of benzene rings is 2. The topological polar surface area (TPSA) is 118 Å². The van der Waals surface area contributed by atoms with Gasteiger partial charge in [-0.05, 0) is 68.6 Å². The van der Waals surface area contributed by atoms with E-state index in [-0.39, 0.29) is 51.1 Å². The highest BCUT2D eigenvalue weighted by molar-refractivity contribution is 6.34. The molecule has 1 atom stereocenters. The van der Waals surface area contributed by atoms with Gasteiger partial charge in [-0.1, -0.05) is 11.6 Å². The van der Waals surface area contributed by atoms with Gasteiger partial charge >= 0.3 is 0 Å². The van der Waals surface area contributed by atoms with Crippen molar-refractivity contribution >= 4 is 35.0 Å². The number of methoxy groups -OCH3 is 1. The quantitative estimate of drug-likeness (QED) is 0.355. The molecule has 0 unspecified atom stereocenters. The number of carbonyl (C=O) groups excluding carboxylic acids is 3. The summed E-state index contributed by atoms with van der Waals surface area (Å²) in [7, 11) is 2.74. The molecule has 0 bridgehead atoms. The number of nitrogens with one attached hydrogen (secondary N) is 3. The van der Waals surface area contributed by atoms with Crippen LogP contribution < -0.4 is 20.7 Å². The molecule has 0 aliphatic carbocycles. The van der Waals surface area contributed by atoms with Crippen LogP contribution in [0.4, 0.5) is 14.5 Å². The van der Waals surface area contributed by atoms with E-state index in [1.807, 2.05) is 0 Å². The normalized spacial score (nSPS) is 17.1. The van der Waals surface area contributed by atoms with E-state index in [1.54, 1.807) is 11.0 Å². The molecule has 3 amide bonds. The van der Waals surface area contributed by atoms with Crippen LogP contribution >= 0.6 is 11.6 Å². The zero-order valence-electron chi connectivity index (χ0n) is 23.9. The molecule has 43 heavy (non-hydrogen) atoms. The lowest BCUT2D eigenvalue weighted by atomic mass is 9.95. The molecular formula is C30H33ClF2N6O4. The first-order valence-corrected chi connectivity index (χ1v) is 14.5. The minimum Gasteiger partial charge on any atom is -0.494 e. The second kappa shape index (κ2) is 13.1. The number of likely N-dealkylation sites (tertiary alicyclic amines) is 1. The Morgan fingerprint density at radius 2 is 1.88 bits per heavy atom. The van der Waals surface area contributed by atoms with Gasteiger partial charge in [-0.25, -0.2) is 9.37 Å². The van der Waals surface area contributed by atoms with E-state index < -0.39 is 17.5 Å². The van der Waals surface area contributed by atoms with Gasteiger partial charge in [0.1, 0.15) is 0 Å². The predicted octanol–water partition coefficient (Wildman–Crippen LogP) is 3.86. The Morgan fingerprint density at radius 1 is 1.12 bits per heavy atom. The number of halogens is 3. The number of amides is 3. The van der Waals surface area contributed by atoms with Crippen molar-refractivity contribution in [3.63, 3.8) is 0 Å². The van der Waals surface area contributed by atoms with Crippen molar-refractivity contribution in [3.8, 4) is 17.0 Å². The van der Waals surface area contributed by atoms with Crippen LogP contribution in [0.2, 0.25) is 5.02 Å². The molecule has 2 aliphatic rings. The third-order valence-electron chi connectivity index (χ3n) is 8.07. The molecule has 2 saturated heterocycles. The summed E-state index contributed by atoms with van der Waals surface area (Å²) in [5, 5.41) is 9.18. The Hall–Kier alpha value is -4.03. The second-order valence-corrected chi connectivity index (χ2v) is 11.2. The van der Waals surface area contributed by atoms with Crippen molar-refractivity contribution in [1.29, 1.82) is 0 Å². The molecule has 5 rings (SSSR count). The van der Waals surface area contributed by atoms with Gasteiger partial charge in [-0.2, -0.15) is 4.39 Å². The minimum atomic E-state index is -1.14. The summed E-state index contributed by atoms with van der Waals surface area (Å²) >= 11 is 6.45. The summed E-state index contributed by atoms with van der Waals surface area (Å²) in [5.41, 5.74) is 0.721. The number of carbonyl (C=O) groups is 3. The number of nitrogens with zero attached hydrogens (tertiary/aromatic N) is 3. The molecule has 3 N–H and O–H groups in total. The molecule has 10 nitrogen and oxygen atoms in total. The van der Waals surface area contributed by atoms with Crippen molar-refractivity contribution in [2.45, 2.75) is 19.3 Å². The van der Waals surface area contributed by atoms with E-state index in [0.717, 1.165) is 19.5 Å². The zero-order chi connectivity index (χ0) is 30.7. The largest absolute Gasteiger partial charge is 0.494 e. The molecule has 228 valence electrons. The van der Waals surface area contributed by atoms with Gasteiger partial charge < -0.3 is 30.2 Å². The monoisotopic (exact) mass is 614 g/mol. The van der Waals surface area contributed by atoms with Gasteiger partial charge in [0.2, 0.25) is 11.7 Å². The van der Waals surface area contributed by atoms with Crippen molar-refractivity contribution in [1.82, 2.24) is 25.1 Å². The highest BCUT2D eigenvalue weighted by Gasteiger charge is 2.29. The lowest BCUT2D eigenvalue weighted by molar-refractivity contribution is -0.126. The second-order valence-electron chi connectivity index (χ2n) is 10.8. The third kappa shape index (κ3) is 6.50. The number of hydrogen-bond donors (Lipinski definition) is 3. The Balaban J connectivity index is 1.19. The number of rotatable bonds is 8. The number of anilines is 1. The van der Waals surface area contributed by atoms with Gasteiger partial charge in [0.05, 0.1) is 29.6 Å². The summed E-state index contributed by atoms with van der Waals surface area (Å²) in [6.07, 6.45) is 3.48. The van der Waals surface area contributed by atoms with Gasteiger partial charge in [0.25, 0.3) is 11.8 Å². The number of aromatic nitrogens is 2. The summed E-state index contributed by atoms with van der Waals surface area (Å²) < 4.78 is 35.0. The maximum Gasteiger partial charge on any atom is 0.291 e. The van der Waals surface area contributed by atoms with Crippen molar-refractivity contribution in [2.24, 2.45) is 18.9 Å². The van der Waals surface area contributed by atoms with Crippen LogP contribution in [0.1, 0.15) is 40.2 Å². The fourth-order valence-corrected chi connectivity index (χ4v) is 5.77. The standard InChI is InChI=1S/C30H33ClF2N6O4/c1-38-23(21-5-6-24(43-2)26(33)25(21)32)16-35-27(38)29(41)37-19-3-4-20(22(31)13-19)30(42)39-11-8-18(9-12-39)28(40)36-15-17-7-10-34-14-17/h3-6,13,16-18,34H,7-12,14-15H2,1-2H3,(H,36,40)(H,37,41)/t17-/m1/s1. The van der Waals surface area contributed by atoms with Gasteiger partial charge in [0, 0.05) is 43.9 Å². The van der Waals surface area contributed by atoms with E-state index >= 15 is 0 Å². The van der Waals surface area contributed by atoms with Gasteiger partial charge in [0.15, 0.2) is 17.4 Å². The molecule has 1 aromatic heterocycles. The fourth-order valence-electron chi connectivity index (χ4n) is 5.50. The SMILES string of the molecule is COc1ccc(-c2cnc(C(=O)Nc3ccc(C(=O)N4CCC(C(=O)NC[C@@H]5CCNC5)CC4)c(Cl)c3)n2C)c(F)c1F. The Kier molecular flexibility index (Phi) is 9.26. The first-order valence-electron chi connectivity index (χ1n) is 14.1. The Morgan fingerprint density at radius 3 is 2.56 bits per heavy atom. The molecule has 3 aromatic rings. The first-order chi connectivity index (χ1) is 20.7. The third-order valence-corrected chi connectivity index (χ3v) is 8.38. The highest BCUT2D eigenvalue weighted by Crippen LogP contribution is 2.30. The molecule has 0 spiro atoms. The molecule has 0 saturated carbocycles. The highest BCUT2D eigenvalue weighted by atomic mass is 35.5. The molecule has 3 heterocycles. The molecule has 2 aromatic carbocycles. The van der Waals surface area contributed by atoms with Crippen LogP contribution in [-0.2, 0) is 11.8 Å². The Bertz CT molecular complexity index is 1530. The van der Waals surface area contributed by atoms with Crippen LogP contribution in [-0.4, -0.2) is 72.0 Å². The zero-order valence-corrected chi connectivity index (χ0v) is 24.6. The minimum absolute atomic E-state index is 0.0401. The summed E-state index contributed by atoms with van der Waals surface area (Å²) in [6.45, 7) is 3.47. The lowest BCUT2D eigenvalue weighted by Gasteiger charge is -2.31. The van der Waals surface area contributed by atoms with Gasteiger partial charge in [-0.3, -0.25) is 14.4 Å². The number of imidazole rings is 1. The maximum absolute atomic E-state index is 14.6. The molecule has 0 radical (unpaired) electrons. The van der Waals surface area contributed by atoms with Crippen LogP contribution in [0, 0.1) is 23.5 Å². The van der Waals surface area contributed by atoms with E-state index in [4.69, 9.17) is 16.3 Å². The van der Waals surface area contributed by atoms with Crippen LogP contribution in [0.15, 0.2) is 36.5 Å².